The van der Waals surface area contributed by atoms with Crippen LogP contribution in [0.2, 0.25) is 0 Å². The molecule has 1 saturated heterocycles. The number of amides is 2. The van der Waals surface area contributed by atoms with E-state index in [0.29, 0.717) is 23.9 Å². The van der Waals surface area contributed by atoms with Crippen LogP contribution >= 0.6 is 0 Å². The third-order valence-electron chi connectivity index (χ3n) is 3.41. The number of hydrogen-bond acceptors (Lipinski definition) is 4. The Bertz CT molecular complexity index is 734. The van der Waals surface area contributed by atoms with Gasteiger partial charge in [0.2, 0.25) is 11.8 Å². The lowest BCUT2D eigenvalue weighted by Gasteiger charge is -2.19. The van der Waals surface area contributed by atoms with Gasteiger partial charge in [-0.1, -0.05) is 0 Å². The second kappa shape index (κ2) is 4.44. The van der Waals surface area contributed by atoms with Crippen LogP contribution in [-0.4, -0.2) is 32.5 Å². The van der Waals surface area contributed by atoms with Crippen LogP contribution in [-0.2, 0) is 9.59 Å². The molecule has 0 aromatic carbocycles. The zero-order valence-electron chi connectivity index (χ0n) is 10.4. The number of imide groups is 1. The van der Waals surface area contributed by atoms with Crippen LogP contribution < -0.4 is 5.32 Å². The average molecular weight is 273 g/mol. The predicted octanol–water partition coefficient (Wildman–Crippen LogP) is 0.553. The number of pyridine rings is 1. The maximum Gasteiger partial charge on any atom is 0.337 e. The van der Waals surface area contributed by atoms with Crippen LogP contribution in [0, 0.1) is 0 Å². The van der Waals surface area contributed by atoms with Gasteiger partial charge in [-0.15, -0.1) is 0 Å². The third-order valence-corrected chi connectivity index (χ3v) is 3.41. The monoisotopic (exact) mass is 273 g/mol. The number of piperidine rings is 1. The minimum Gasteiger partial charge on any atom is -0.478 e. The lowest BCUT2D eigenvalue weighted by Crippen LogP contribution is -2.39. The summed E-state index contributed by atoms with van der Waals surface area (Å²) in [5, 5.41) is 15.3. The van der Waals surface area contributed by atoms with Gasteiger partial charge < -0.3 is 5.11 Å². The smallest absolute Gasteiger partial charge is 0.337 e. The molecular formula is C13H11N3O4. The van der Waals surface area contributed by atoms with Crippen LogP contribution in [0.25, 0.3) is 5.52 Å². The molecule has 1 aliphatic rings. The van der Waals surface area contributed by atoms with Gasteiger partial charge in [-0.2, -0.15) is 5.10 Å². The van der Waals surface area contributed by atoms with Gasteiger partial charge >= 0.3 is 5.97 Å². The molecule has 3 rings (SSSR count). The maximum absolute atomic E-state index is 11.9. The molecule has 1 aliphatic heterocycles. The molecule has 7 heteroatoms. The molecule has 2 N–H and O–H groups in total. The summed E-state index contributed by atoms with van der Waals surface area (Å²) in [7, 11) is 0. The number of aromatic nitrogens is 2. The van der Waals surface area contributed by atoms with E-state index in [4.69, 9.17) is 5.11 Å². The summed E-state index contributed by atoms with van der Waals surface area (Å²) in [6.45, 7) is 0. The predicted molar refractivity (Wildman–Crippen MR) is 67.3 cm³/mol. The fourth-order valence-corrected chi connectivity index (χ4v) is 2.39. The molecule has 3 heterocycles. The number of nitrogens with one attached hydrogen (secondary N) is 1. The molecule has 2 aromatic rings. The first kappa shape index (κ1) is 12.3. The molecule has 2 amide bonds. The van der Waals surface area contributed by atoms with E-state index in [-0.39, 0.29) is 17.4 Å². The molecule has 20 heavy (non-hydrogen) atoms. The Morgan fingerprint density at radius 3 is 2.90 bits per heavy atom. The van der Waals surface area contributed by atoms with Crippen LogP contribution in [0.15, 0.2) is 24.5 Å². The van der Waals surface area contributed by atoms with Crippen molar-refractivity contribution in [2.24, 2.45) is 0 Å². The highest BCUT2D eigenvalue weighted by Crippen LogP contribution is 2.28. The topological polar surface area (TPSA) is 101 Å². The van der Waals surface area contributed by atoms with Crippen molar-refractivity contribution in [3.8, 4) is 0 Å². The second-order valence-electron chi connectivity index (χ2n) is 4.66. The standard InChI is InChI=1S/C13H11N3O4/c17-11-4-2-8(12(18)15-11)9-5-14-16-6-7(13(19)20)1-3-10(9)16/h1,3,5-6,8H,2,4H2,(H,19,20)(H,15,17,18). The Morgan fingerprint density at radius 2 is 2.20 bits per heavy atom. The molecule has 0 bridgehead atoms. The van der Waals surface area contributed by atoms with Gasteiger partial charge in [-0.05, 0) is 18.6 Å². The molecule has 0 spiro atoms. The van der Waals surface area contributed by atoms with Gasteiger partial charge in [0.05, 0.1) is 23.2 Å². The highest BCUT2D eigenvalue weighted by atomic mass is 16.4. The van der Waals surface area contributed by atoms with Crippen molar-refractivity contribution in [1.29, 1.82) is 0 Å². The first-order valence-electron chi connectivity index (χ1n) is 6.10. The first-order valence-corrected chi connectivity index (χ1v) is 6.10. The van der Waals surface area contributed by atoms with Crippen LogP contribution in [0.3, 0.4) is 0 Å². The van der Waals surface area contributed by atoms with Gasteiger partial charge in [0, 0.05) is 18.2 Å². The number of carbonyl (C=O) groups excluding carboxylic acids is 2. The quantitative estimate of drug-likeness (QED) is 0.778. The SMILES string of the molecule is O=C1CCC(c2cnn3cc(C(=O)O)ccc23)C(=O)N1. The molecule has 0 aliphatic carbocycles. The van der Waals surface area contributed by atoms with Gasteiger partial charge in [0.1, 0.15) is 0 Å². The summed E-state index contributed by atoms with van der Waals surface area (Å²) >= 11 is 0. The Labute approximate surface area is 113 Å². The van der Waals surface area contributed by atoms with Crippen LogP contribution in [0.5, 0.6) is 0 Å². The lowest BCUT2D eigenvalue weighted by molar-refractivity contribution is -0.134. The molecule has 7 nitrogen and oxygen atoms in total. The molecule has 1 atom stereocenters. The fourth-order valence-electron chi connectivity index (χ4n) is 2.39. The number of carboxylic acids is 1. The van der Waals surface area contributed by atoms with E-state index in [1.807, 2.05) is 0 Å². The van der Waals surface area contributed by atoms with Gasteiger partial charge in [-0.25, -0.2) is 9.31 Å². The summed E-state index contributed by atoms with van der Waals surface area (Å²) in [4.78, 5) is 33.9. The average Bonchev–Trinajstić information content (AvgIpc) is 2.81. The van der Waals surface area contributed by atoms with E-state index in [1.54, 1.807) is 12.3 Å². The van der Waals surface area contributed by atoms with Crippen molar-refractivity contribution in [3.63, 3.8) is 0 Å². The van der Waals surface area contributed by atoms with Crippen molar-refractivity contribution in [2.75, 3.05) is 0 Å². The van der Waals surface area contributed by atoms with Crippen molar-refractivity contribution in [1.82, 2.24) is 14.9 Å². The van der Waals surface area contributed by atoms with Gasteiger partial charge in [0.15, 0.2) is 0 Å². The Balaban J connectivity index is 2.02. The second-order valence-corrected chi connectivity index (χ2v) is 4.66. The molecule has 1 unspecified atom stereocenters. The minimum absolute atomic E-state index is 0.121. The Hall–Kier alpha value is -2.70. The zero-order valence-corrected chi connectivity index (χ0v) is 10.4. The molecule has 0 saturated carbocycles. The normalized spacial score (nSPS) is 19.1. The zero-order chi connectivity index (χ0) is 14.3. The highest BCUT2D eigenvalue weighted by molar-refractivity contribution is 6.01. The van der Waals surface area contributed by atoms with Gasteiger partial charge in [0.25, 0.3) is 0 Å². The van der Waals surface area contributed by atoms with Crippen molar-refractivity contribution in [3.05, 3.63) is 35.7 Å². The Kier molecular flexibility index (Phi) is 2.74. The molecule has 102 valence electrons. The van der Waals surface area contributed by atoms with E-state index in [9.17, 15) is 14.4 Å². The van der Waals surface area contributed by atoms with Crippen molar-refractivity contribution < 1.29 is 19.5 Å². The van der Waals surface area contributed by atoms with E-state index in [2.05, 4.69) is 10.4 Å². The molecular weight excluding hydrogens is 262 g/mol. The Morgan fingerprint density at radius 1 is 1.40 bits per heavy atom. The number of nitrogens with zero attached hydrogens (tertiary/aromatic N) is 2. The van der Waals surface area contributed by atoms with Crippen LogP contribution in [0.1, 0.15) is 34.7 Å². The lowest BCUT2D eigenvalue weighted by atomic mass is 9.91. The number of carboxylic acid groups (broad SMARTS) is 1. The summed E-state index contributed by atoms with van der Waals surface area (Å²) in [5.41, 5.74) is 1.49. The van der Waals surface area contributed by atoms with Gasteiger partial charge in [-0.3, -0.25) is 14.9 Å². The minimum atomic E-state index is -1.04. The largest absolute Gasteiger partial charge is 0.478 e. The van der Waals surface area contributed by atoms with Crippen molar-refractivity contribution >= 4 is 23.3 Å². The first-order chi connectivity index (χ1) is 9.56. The number of rotatable bonds is 2. The van der Waals surface area contributed by atoms with Crippen molar-refractivity contribution in [2.45, 2.75) is 18.8 Å². The molecule has 2 aromatic heterocycles. The number of fused-ring (bicyclic) bond motifs is 1. The number of hydrogen-bond donors (Lipinski definition) is 2. The van der Waals surface area contributed by atoms with E-state index in [1.165, 1.54) is 16.8 Å². The summed E-state index contributed by atoms with van der Waals surface area (Å²) < 4.78 is 1.43. The molecule has 1 fully saturated rings. The summed E-state index contributed by atoms with van der Waals surface area (Å²) in [6.07, 6.45) is 3.67. The van der Waals surface area contributed by atoms with E-state index >= 15 is 0 Å². The summed E-state index contributed by atoms with van der Waals surface area (Å²) in [5.74, 6) is -2.07. The maximum atomic E-state index is 11.9. The molecule has 0 radical (unpaired) electrons. The fraction of sp³-hybridized carbons (Fsp3) is 0.231. The number of aromatic carboxylic acids is 1. The highest BCUT2D eigenvalue weighted by Gasteiger charge is 2.30. The number of carbonyl (C=O) groups is 3. The third kappa shape index (κ3) is 1.93. The summed E-state index contributed by atoms with van der Waals surface area (Å²) in [6, 6.07) is 3.09. The van der Waals surface area contributed by atoms with E-state index < -0.39 is 11.9 Å². The van der Waals surface area contributed by atoms with E-state index in [0.717, 1.165) is 0 Å². The van der Waals surface area contributed by atoms with Crippen LogP contribution in [0.4, 0.5) is 0 Å².